The lowest BCUT2D eigenvalue weighted by Crippen LogP contribution is -2.29. The van der Waals surface area contributed by atoms with Crippen LogP contribution in [-0.4, -0.2) is 48.7 Å². The fourth-order valence-electron chi connectivity index (χ4n) is 4.51. The van der Waals surface area contributed by atoms with Crippen LogP contribution < -0.4 is 25.4 Å². The van der Waals surface area contributed by atoms with Crippen molar-refractivity contribution in [2.45, 2.75) is 26.1 Å². The van der Waals surface area contributed by atoms with Gasteiger partial charge in [-0.1, -0.05) is 23.2 Å². The zero-order valence-electron chi connectivity index (χ0n) is 27.7. The Kier molecular flexibility index (Phi) is 16.1. The second kappa shape index (κ2) is 20.2. The number of carbonyl (C=O) groups excluding carboxylic acids is 1. The Labute approximate surface area is 326 Å². The second-order valence-corrected chi connectivity index (χ2v) is 13.3. The van der Waals surface area contributed by atoms with Gasteiger partial charge in [-0.25, -0.2) is 0 Å². The monoisotopic (exact) mass is 873 g/mol. The highest BCUT2D eigenvalue weighted by Crippen LogP contribution is 2.36. The Morgan fingerprint density at radius 2 is 1.19 bits per heavy atom. The molecule has 0 aliphatic heterocycles. The fourth-order valence-corrected chi connectivity index (χ4v) is 6.57. The van der Waals surface area contributed by atoms with Gasteiger partial charge in [-0.05, 0) is 116 Å². The van der Waals surface area contributed by atoms with Crippen molar-refractivity contribution in [3.8, 4) is 23.6 Å². The maximum absolute atomic E-state index is 12.0. The third kappa shape index (κ3) is 12.7. The van der Waals surface area contributed by atoms with Gasteiger partial charge in [0.1, 0.15) is 25.5 Å². The molecule has 0 saturated carbocycles. The Hall–Kier alpha value is -4.99. The van der Waals surface area contributed by atoms with Gasteiger partial charge in [0, 0.05) is 37.5 Å². The number of nitrogens with one attached hydrogen (secondary N) is 3. The molecule has 0 aromatic heterocycles. The third-order valence-corrected chi connectivity index (χ3v) is 8.67. The molecule has 270 valence electrons. The Morgan fingerprint density at radius 1 is 0.712 bits per heavy atom. The van der Waals surface area contributed by atoms with Crippen LogP contribution >= 0.6 is 55.1 Å². The van der Waals surface area contributed by atoms with E-state index in [2.05, 4.69) is 59.9 Å². The summed E-state index contributed by atoms with van der Waals surface area (Å²) in [5.41, 5.74) is 5.26. The number of carboxylic acids is 2. The zero-order valence-corrected chi connectivity index (χ0v) is 32.3. The molecule has 52 heavy (non-hydrogen) atoms. The summed E-state index contributed by atoms with van der Waals surface area (Å²) >= 11 is 19.1. The molecule has 0 aliphatic carbocycles. The molecule has 4 aromatic rings. The molecule has 0 saturated heterocycles. The summed E-state index contributed by atoms with van der Waals surface area (Å²) in [7, 11) is 3.53. The highest BCUT2D eigenvalue weighted by molar-refractivity contribution is 9.11. The van der Waals surface area contributed by atoms with Crippen molar-refractivity contribution in [3.05, 3.63) is 113 Å². The van der Waals surface area contributed by atoms with E-state index in [0.717, 1.165) is 28.1 Å². The van der Waals surface area contributed by atoms with Crippen molar-refractivity contribution in [1.29, 1.82) is 10.5 Å². The molecule has 0 heterocycles. The molecule has 0 atom stereocenters. The van der Waals surface area contributed by atoms with Gasteiger partial charge in [0.2, 0.25) is 0 Å². The first-order valence-corrected chi connectivity index (χ1v) is 17.5. The van der Waals surface area contributed by atoms with Crippen LogP contribution in [-0.2, 0) is 29.2 Å². The summed E-state index contributed by atoms with van der Waals surface area (Å²) in [6, 6.07) is 21.3. The van der Waals surface area contributed by atoms with Crippen molar-refractivity contribution >= 4 is 84.3 Å². The number of aryl methyl sites for hydroxylation is 1. The summed E-state index contributed by atoms with van der Waals surface area (Å²) in [6.07, 6.45) is 0.339. The molecule has 12 nitrogen and oxygen atoms in total. The van der Waals surface area contributed by atoms with E-state index in [1.807, 2.05) is 12.1 Å². The zero-order chi connectivity index (χ0) is 38.4. The Bertz CT molecular complexity index is 2000. The molecule has 0 spiro atoms. The van der Waals surface area contributed by atoms with E-state index in [0.29, 0.717) is 48.0 Å². The van der Waals surface area contributed by atoms with Crippen molar-refractivity contribution in [1.82, 2.24) is 5.32 Å². The molecule has 16 heteroatoms. The number of anilines is 2. The quantitative estimate of drug-likeness (QED) is 0.0824. The number of benzene rings is 4. The molecule has 1 amide bonds. The molecule has 0 radical (unpaired) electrons. The van der Waals surface area contributed by atoms with Crippen molar-refractivity contribution in [2.75, 3.05) is 31.3 Å². The van der Waals surface area contributed by atoms with Gasteiger partial charge in [-0.15, -0.1) is 0 Å². The Morgan fingerprint density at radius 3 is 1.62 bits per heavy atom. The minimum atomic E-state index is -1.12. The van der Waals surface area contributed by atoms with E-state index in [-0.39, 0.29) is 25.2 Å². The van der Waals surface area contributed by atoms with E-state index >= 15 is 0 Å². The lowest BCUT2D eigenvalue weighted by molar-refractivity contribution is -0.137. The van der Waals surface area contributed by atoms with Gasteiger partial charge in [0.05, 0.1) is 42.3 Å². The van der Waals surface area contributed by atoms with E-state index in [1.165, 1.54) is 0 Å². The minimum Gasteiger partial charge on any atom is -0.487 e. The molecule has 5 N–H and O–H groups in total. The maximum atomic E-state index is 12.0. The standard InChI is InChI=1S/C18H15Br2N3O4.C18H16Cl2N2O3/c1-22-13-3-10(7-21)2-11(4-13)9-27-17-14(19)5-12(6-15(17)20)18(26)23-8-16(24)25;1-22-14-5-12(9-21)4-13(6-14)10-25-18-15(19)7-11(8-16(18)20)2-3-17(23)24/h2-6,22H,8-9H2,1H3,(H,23,26)(H,24,25);4-8,22H,2-3,10H2,1H3,(H,23,24). The SMILES string of the molecule is CNc1cc(C#N)cc(COc2c(Br)cc(C(=O)NCC(=O)O)cc2Br)c1.CNc1cc(C#N)cc(COc2c(Cl)cc(CCC(=O)O)cc2Cl)c1. The number of hydrogen-bond donors (Lipinski definition) is 5. The van der Waals surface area contributed by atoms with Crippen LogP contribution in [0.3, 0.4) is 0 Å². The molecule has 0 aliphatic rings. The van der Waals surface area contributed by atoms with Crippen molar-refractivity contribution in [3.63, 3.8) is 0 Å². The summed E-state index contributed by atoms with van der Waals surface area (Å²) < 4.78 is 12.6. The van der Waals surface area contributed by atoms with Gasteiger partial charge in [-0.2, -0.15) is 10.5 Å². The van der Waals surface area contributed by atoms with Crippen LogP contribution in [0.4, 0.5) is 11.4 Å². The highest BCUT2D eigenvalue weighted by atomic mass is 79.9. The lowest BCUT2D eigenvalue weighted by atomic mass is 10.1. The number of amides is 1. The number of rotatable bonds is 14. The van der Waals surface area contributed by atoms with E-state index in [1.54, 1.807) is 62.6 Å². The van der Waals surface area contributed by atoms with Gasteiger partial charge >= 0.3 is 11.9 Å². The lowest BCUT2D eigenvalue weighted by Gasteiger charge is -2.13. The number of carboxylic acid groups (broad SMARTS) is 2. The summed E-state index contributed by atoms with van der Waals surface area (Å²) in [5.74, 6) is -1.70. The summed E-state index contributed by atoms with van der Waals surface area (Å²) in [5, 5.41) is 44.5. The number of aliphatic carboxylic acids is 2. The predicted octanol–water partition coefficient (Wildman–Crippen LogP) is 8.02. The first kappa shape index (κ1) is 41.4. The molecular formula is C36H31Br2Cl2N5O7. The molecule has 4 aromatic carbocycles. The average Bonchev–Trinajstić information content (AvgIpc) is 3.11. The van der Waals surface area contributed by atoms with Crippen molar-refractivity contribution in [2.24, 2.45) is 0 Å². The molecule has 0 bridgehead atoms. The smallest absolute Gasteiger partial charge is 0.322 e. The largest absolute Gasteiger partial charge is 0.487 e. The maximum Gasteiger partial charge on any atom is 0.322 e. The van der Waals surface area contributed by atoms with E-state index in [4.69, 9.17) is 53.4 Å². The predicted molar refractivity (Wildman–Crippen MR) is 204 cm³/mol. The van der Waals surface area contributed by atoms with Crippen LogP contribution in [0.15, 0.2) is 69.6 Å². The number of hydrogen-bond acceptors (Lipinski definition) is 9. The van der Waals surface area contributed by atoms with E-state index < -0.39 is 24.4 Å². The number of halogens is 4. The van der Waals surface area contributed by atoms with Gasteiger partial charge in [-0.3, -0.25) is 14.4 Å². The van der Waals surface area contributed by atoms with Crippen LogP contribution in [0.2, 0.25) is 10.0 Å². The Balaban J connectivity index is 0.000000281. The van der Waals surface area contributed by atoms with E-state index in [9.17, 15) is 14.4 Å². The summed E-state index contributed by atoms with van der Waals surface area (Å²) in [4.78, 5) is 33.2. The summed E-state index contributed by atoms with van der Waals surface area (Å²) in [6.45, 7) is -0.0561. The molecular weight excluding hydrogens is 845 g/mol. The molecule has 4 rings (SSSR count). The number of nitriles is 2. The topological polar surface area (TPSA) is 194 Å². The average molecular weight is 876 g/mol. The minimum absolute atomic E-state index is 0.000603. The van der Waals surface area contributed by atoms with Crippen LogP contribution in [0.1, 0.15) is 44.6 Å². The molecule has 0 fully saturated rings. The number of ether oxygens (including phenoxy) is 2. The normalized spacial score (nSPS) is 10.1. The number of nitrogens with zero attached hydrogens (tertiary/aromatic N) is 2. The van der Waals surface area contributed by atoms with Gasteiger partial charge in [0.15, 0.2) is 5.75 Å². The number of carbonyl (C=O) groups is 3. The highest BCUT2D eigenvalue weighted by Gasteiger charge is 2.15. The van der Waals surface area contributed by atoms with Crippen LogP contribution in [0, 0.1) is 22.7 Å². The first-order valence-electron chi connectivity index (χ1n) is 15.1. The van der Waals surface area contributed by atoms with Crippen molar-refractivity contribution < 1.29 is 34.1 Å². The fraction of sp³-hybridized carbons (Fsp3) is 0.194. The van der Waals surface area contributed by atoms with Crippen LogP contribution in [0.25, 0.3) is 0 Å². The third-order valence-electron chi connectivity index (χ3n) is 6.93. The van der Waals surface area contributed by atoms with Crippen LogP contribution in [0.5, 0.6) is 11.5 Å². The second-order valence-electron chi connectivity index (χ2n) is 10.8. The van der Waals surface area contributed by atoms with Gasteiger partial charge < -0.3 is 35.6 Å². The molecule has 0 unspecified atom stereocenters. The van der Waals surface area contributed by atoms with Gasteiger partial charge in [0.25, 0.3) is 5.91 Å². The first-order chi connectivity index (χ1) is 24.8.